The summed E-state index contributed by atoms with van der Waals surface area (Å²) in [7, 11) is -2.06. The molecule has 0 radical (unpaired) electrons. The molecule has 208 valence electrons. The summed E-state index contributed by atoms with van der Waals surface area (Å²) in [5, 5.41) is 9.54. The molecule has 0 unspecified atom stereocenters. The van der Waals surface area contributed by atoms with E-state index in [9.17, 15) is 13.2 Å². The second-order valence-electron chi connectivity index (χ2n) is 9.52. The second-order valence-corrected chi connectivity index (χ2v) is 11.8. The van der Waals surface area contributed by atoms with Crippen LogP contribution < -0.4 is 10.3 Å². The minimum absolute atomic E-state index is 0.114. The highest BCUT2D eigenvalue weighted by Gasteiger charge is 2.30. The lowest BCUT2D eigenvalue weighted by Crippen LogP contribution is -2.48. The third-order valence-corrected chi connectivity index (χ3v) is 9.21. The first-order valence-corrected chi connectivity index (χ1v) is 14.9. The molecule has 1 aromatic carbocycles. The average molecular weight is 566 g/mol. The number of aliphatic hydroxyl groups is 1. The molecular weight excluding hydrogens is 530 g/mol. The van der Waals surface area contributed by atoms with Crippen LogP contribution in [0.3, 0.4) is 0 Å². The van der Waals surface area contributed by atoms with Crippen molar-refractivity contribution in [2.75, 3.05) is 45.9 Å². The highest BCUT2D eigenvalue weighted by molar-refractivity contribution is 7.89. The predicted octanol–water partition coefficient (Wildman–Crippen LogP) is 3.01. The standard InChI is InChI=1S/C26H36ClN5O5S/c1-4-7-19-22-23(30(3)24(19)27)26(34)29-25(28-22)20-17-18(8-9-21(20)37-16-5-2)38(35,36)32-13-11-31(12-14-32)10-6-15-33/h8-9,17,33H,4-7,10-16H2,1-3H3,(H,28,29,34). The Labute approximate surface area is 228 Å². The zero-order chi connectivity index (χ0) is 27.4. The molecule has 3 aromatic rings. The number of H-pyrrole nitrogens is 1. The molecule has 38 heavy (non-hydrogen) atoms. The van der Waals surface area contributed by atoms with Gasteiger partial charge in [-0.3, -0.25) is 4.79 Å². The van der Waals surface area contributed by atoms with E-state index >= 15 is 0 Å². The molecule has 1 fully saturated rings. The van der Waals surface area contributed by atoms with Gasteiger partial charge in [-0.25, -0.2) is 13.4 Å². The summed E-state index contributed by atoms with van der Waals surface area (Å²) in [5.41, 5.74) is 1.72. The molecule has 1 aliphatic rings. The van der Waals surface area contributed by atoms with Crippen molar-refractivity contribution in [3.8, 4) is 17.1 Å². The van der Waals surface area contributed by atoms with Gasteiger partial charge in [0.05, 0.1) is 17.1 Å². The lowest BCUT2D eigenvalue weighted by atomic mass is 10.1. The number of aliphatic hydroxyl groups excluding tert-OH is 1. The van der Waals surface area contributed by atoms with Gasteiger partial charge in [0.15, 0.2) is 0 Å². The fourth-order valence-corrected chi connectivity index (χ4v) is 6.53. The van der Waals surface area contributed by atoms with Gasteiger partial charge in [0.1, 0.15) is 27.8 Å². The lowest BCUT2D eigenvalue weighted by molar-refractivity contribution is 0.171. The Kier molecular flexibility index (Phi) is 9.15. The van der Waals surface area contributed by atoms with Crippen molar-refractivity contribution in [2.24, 2.45) is 7.05 Å². The molecule has 0 atom stereocenters. The molecule has 0 saturated carbocycles. The van der Waals surface area contributed by atoms with Crippen LogP contribution in [0.2, 0.25) is 5.15 Å². The molecule has 10 nitrogen and oxygen atoms in total. The SMILES string of the molecule is CCCOc1ccc(S(=O)(=O)N2CCN(CCCO)CC2)cc1-c1nc2c(CCC)c(Cl)n(C)c2c(=O)[nH]1. The summed E-state index contributed by atoms with van der Waals surface area (Å²) in [6.07, 6.45) is 2.91. The Morgan fingerprint density at radius 1 is 1.16 bits per heavy atom. The Hall–Kier alpha value is -2.44. The van der Waals surface area contributed by atoms with E-state index in [-0.39, 0.29) is 22.9 Å². The number of halogens is 1. The van der Waals surface area contributed by atoms with Gasteiger partial charge in [0.2, 0.25) is 10.0 Å². The molecule has 1 aliphatic heterocycles. The van der Waals surface area contributed by atoms with E-state index in [0.29, 0.717) is 73.1 Å². The van der Waals surface area contributed by atoms with Crippen LogP contribution in [0.15, 0.2) is 27.9 Å². The first-order chi connectivity index (χ1) is 18.2. The van der Waals surface area contributed by atoms with Gasteiger partial charge < -0.3 is 24.3 Å². The highest BCUT2D eigenvalue weighted by Crippen LogP contribution is 2.34. The number of aromatic nitrogens is 3. The van der Waals surface area contributed by atoms with Crippen molar-refractivity contribution >= 4 is 32.7 Å². The maximum absolute atomic E-state index is 13.6. The number of aryl methyl sites for hydroxylation is 2. The molecule has 12 heteroatoms. The molecule has 1 saturated heterocycles. The maximum Gasteiger partial charge on any atom is 0.275 e. The van der Waals surface area contributed by atoms with E-state index in [0.717, 1.165) is 24.9 Å². The number of hydrogen-bond acceptors (Lipinski definition) is 7. The van der Waals surface area contributed by atoms with Crippen LogP contribution in [-0.2, 0) is 23.5 Å². The van der Waals surface area contributed by atoms with Crippen LogP contribution in [-0.4, -0.2) is 83.2 Å². The summed E-state index contributed by atoms with van der Waals surface area (Å²) in [5.74, 6) is 0.681. The average Bonchev–Trinajstić information content (AvgIpc) is 3.16. The van der Waals surface area contributed by atoms with Gasteiger partial charge in [-0.15, -0.1) is 0 Å². The monoisotopic (exact) mass is 565 g/mol. The van der Waals surface area contributed by atoms with E-state index in [4.69, 9.17) is 26.4 Å². The summed E-state index contributed by atoms with van der Waals surface area (Å²) in [6, 6.07) is 4.71. The minimum atomic E-state index is -3.79. The minimum Gasteiger partial charge on any atom is -0.493 e. The number of aromatic amines is 1. The normalized spacial score (nSPS) is 15.4. The molecule has 0 amide bonds. The molecule has 2 aromatic heterocycles. The van der Waals surface area contributed by atoms with Gasteiger partial charge >= 0.3 is 0 Å². The fourth-order valence-electron chi connectivity index (χ4n) is 4.82. The van der Waals surface area contributed by atoms with Crippen LogP contribution in [0.4, 0.5) is 0 Å². The van der Waals surface area contributed by atoms with Crippen molar-refractivity contribution in [2.45, 2.75) is 44.4 Å². The van der Waals surface area contributed by atoms with Crippen LogP contribution in [0.5, 0.6) is 5.75 Å². The Morgan fingerprint density at radius 3 is 2.55 bits per heavy atom. The zero-order valence-corrected chi connectivity index (χ0v) is 23.7. The van der Waals surface area contributed by atoms with Gasteiger partial charge in [-0.2, -0.15) is 4.31 Å². The number of ether oxygens (including phenoxy) is 1. The van der Waals surface area contributed by atoms with E-state index < -0.39 is 10.0 Å². The smallest absolute Gasteiger partial charge is 0.275 e. The van der Waals surface area contributed by atoms with E-state index in [1.807, 2.05) is 13.8 Å². The Balaban J connectivity index is 1.77. The number of sulfonamides is 1. The molecule has 0 aliphatic carbocycles. The van der Waals surface area contributed by atoms with Crippen LogP contribution in [0.25, 0.3) is 22.4 Å². The molecule has 3 heterocycles. The summed E-state index contributed by atoms with van der Waals surface area (Å²) >= 11 is 6.54. The quantitative estimate of drug-likeness (QED) is 0.366. The van der Waals surface area contributed by atoms with E-state index in [1.165, 1.54) is 10.4 Å². The molecule has 0 spiro atoms. The van der Waals surface area contributed by atoms with Gasteiger partial charge in [-0.1, -0.05) is 31.9 Å². The van der Waals surface area contributed by atoms with Gasteiger partial charge in [-0.05, 0) is 37.5 Å². The van der Waals surface area contributed by atoms with E-state index in [1.54, 1.807) is 23.7 Å². The Morgan fingerprint density at radius 2 is 1.89 bits per heavy atom. The number of rotatable bonds is 11. The van der Waals surface area contributed by atoms with Crippen molar-refractivity contribution in [1.29, 1.82) is 0 Å². The summed E-state index contributed by atoms with van der Waals surface area (Å²) in [6.45, 7) is 7.22. The molecule has 4 rings (SSSR count). The number of benzene rings is 1. The zero-order valence-electron chi connectivity index (χ0n) is 22.2. The molecule has 2 N–H and O–H groups in total. The number of nitrogens with zero attached hydrogens (tertiary/aromatic N) is 4. The summed E-state index contributed by atoms with van der Waals surface area (Å²) < 4.78 is 36.2. The number of piperazine rings is 1. The maximum atomic E-state index is 13.6. The van der Waals surface area contributed by atoms with Crippen LogP contribution in [0.1, 0.15) is 38.7 Å². The topological polar surface area (TPSA) is 121 Å². The van der Waals surface area contributed by atoms with Crippen molar-refractivity contribution in [3.05, 3.63) is 39.3 Å². The first-order valence-electron chi connectivity index (χ1n) is 13.1. The lowest BCUT2D eigenvalue weighted by Gasteiger charge is -2.33. The van der Waals surface area contributed by atoms with E-state index in [2.05, 4.69) is 9.88 Å². The third-order valence-electron chi connectivity index (χ3n) is 6.83. The second kappa shape index (κ2) is 12.2. The van der Waals surface area contributed by atoms with Crippen molar-refractivity contribution in [1.82, 2.24) is 23.7 Å². The summed E-state index contributed by atoms with van der Waals surface area (Å²) in [4.78, 5) is 23.0. The highest BCUT2D eigenvalue weighted by atomic mass is 35.5. The molecule has 0 bridgehead atoms. The van der Waals surface area contributed by atoms with Crippen molar-refractivity contribution < 1.29 is 18.3 Å². The predicted molar refractivity (Wildman–Crippen MR) is 148 cm³/mol. The number of nitrogens with one attached hydrogen (secondary N) is 1. The van der Waals surface area contributed by atoms with Gasteiger partial charge in [0.25, 0.3) is 5.56 Å². The van der Waals surface area contributed by atoms with Crippen molar-refractivity contribution in [3.63, 3.8) is 0 Å². The van der Waals surface area contributed by atoms with Crippen LogP contribution in [0, 0.1) is 0 Å². The Bertz CT molecular complexity index is 1440. The van der Waals surface area contributed by atoms with Crippen LogP contribution >= 0.6 is 11.6 Å². The molecular formula is C26H36ClN5O5S. The first kappa shape index (κ1) is 28.6. The fraction of sp³-hybridized carbons (Fsp3) is 0.538. The number of hydrogen-bond donors (Lipinski definition) is 2. The third kappa shape index (κ3) is 5.62. The number of fused-ring (bicyclic) bond motifs is 1. The largest absolute Gasteiger partial charge is 0.493 e. The van der Waals surface area contributed by atoms with Gasteiger partial charge in [0, 0.05) is 51.9 Å².